The van der Waals surface area contributed by atoms with E-state index in [1.807, 2.05) is 6.92 Å². The predicted molar refractivity (Wildman–Crippen MR) is 71.6 cm³/mol. The molecule has 0 bridgehead atoms. The van der Waals surface area contributed by atoms with Crippen molar-refractivity contribution >= 4 is 0 Å². The topological polar surface area (TPSA) is 103 Å². The second-order valence-corrected chi connectivity index (χ2v) is 5.25. The van der Waals surface area contributed by atoms with Crippen molar-refractivity contribution in [3.63, 3.8) is 0 Å². The number of hydrogen-bond acceptors (Lipinski definition) is 6. The zero-order valence-electron chi connectivity index (χ0n) is 11.7. The molecule has 3 N–H and O–H groups in total. The van der Waals surface area contributed by atoms with Crippen LogP contribution in [0, 0.1) is 0 Å². The van der Waals surface area contributed by atoms with Gasteiger partial charge in [-0.25, -0.2) is 4.98 Å². The largest absolute Gasteiger partial charge is 0.373 e. The Labute approximate surface area is 116 Å². The maximum absolute atomic E-state index is 6.23. The second kappa shape index (κ2) is 4.99. The van der Waals surface area contributed by atoms with Crippen LogP contribution < -0.4 is 5.73 Å². The summed E-state index contributed by atoms with van der Waals surface area (Å²) in [6.07, 6.45) is 5.38. The van der Waals surface area contributed by atoms with Gasteiger partial charge in [-0.3, -0.25) is 0 Å². The standard InChI is InChI=1S/C13H19N5O2/c1-3-9(19-2)10-17-11(20-18-10)8-7-15-12(16-8)13(14)5-4-6-13/h7,9H,3-6,14H2,1-2H3,(H,15,16). The maximum Gasteiger partial charge on any atom is 0.276 e. The van der Waals surface area contributed by atoms with Crippen LogP contribution >= 0.6 is 0 Å². The highest BCUT2D eigenvalue weighted by molar-refractivity contribution is 5.45. The Kier molecular flexibility index (Phi) is 3.31. The lowest BCUT2D eigenvalue weighted by molar-refractivity contribution is 0.0903. The molecule has 20 heavy (non-hydrogen) atoms. The van der Waals surface area contributed by atoms with Crippen LogP contribution in [0.25, 0.3) is 11.6 Å². The average molecular weight is 277 g/mol. The number of nitrogens with two attached hydrogens (primary N) is 1. The van der Waals surface area contributed by atoms with Gasteiger partial charge < -0.3 is 20.0 Å². The molecule has 108 valence electrons. The summed E-state index contributed by atoms with van der Waals surface area (Å²) in [5, 5.41) is 3.95. The first-order valence-electron chi connectivity index (χ1n) is 6.87. The molecule has 0 saturated heterocycles. The number of imidazole rings is 1. The van der Waals surface area contributed by atoms with Crippen LogP contribution in [-0.2, 0) is 10.3 Å². The van der Waals surface area contributed by atoms with Crippen molar-refractivity contribution in [2.24, 2.45) is 5.73 Å². The fourth-order valence-electron chi connectivity index (χ4n) is 2.41. The average Bonchev–Trinajstić information content (AvgIpc) is 3.06. The van der Waals surface area contributed by atoms with E-state index in [-0.39, 0.29) is 11.6 Å². The fraction of sp³-hybridized carbons (Fsp3) is 0.615. The molecule has 7 nitrogen and oxygen atoms in total. The van der Waals surface area contributed by atoms with Crippen molar-refractivity contribution in [2.75, 3.05) is 7.11 Å². The number of nitrogens with zero attached hydrogens (tertiary/aromatic N) is 3. The number of ether oxygens (including phenoxy) is 1. The van der Waals surface area contributed by atoms with Crippen molar-refractivity contribution in [2.45, 2.75) is 44.2 Å². The van der Waals surface area contributed by atoms with Crippen molar-refractivity contribution in [3.05, 3.63) is 17.8 Å². The zero-order valence-corrected chi connectivity index (χ0v) is 11.7. The number of hydrogen-bond donors (Lipinski definition) is 2. The van der Waals surface area contributed by atoms with Crippen molar-refractivity contribution in [3.8, 4) is 11.6 Å². The monoisotopic (exact) mass is 277 g/mol. The molecule has 1 atom stereocenters. The summed E-state index contributed by atoms with van der Waals surface area (Å²) < 4.78 is 10.5. The van der Waals surface area contributed by atoms with E-state index in [0.717, 1.165) is 31.5 Å². The molecule has 0 amide bonds. The summed E-state index contributed by atoms with van der Waals surface area (Å²) in [4.78, 5) is 11.9. The lowest BCUT2D eigenvalue weighted by Gasteiger charge is -2.35. The van der Waals surface area contributed by atoms with E-state index >= 15 is 0 Å². The van der Waals surface area contributed by atoms with Crippen molar-refractivity contribution in [1.82, 2.24) is 20.1 Å². The van der Waals surface area contributed by atoms with Gasteiger partial charge in [-0.05, 0) is 25.7 Å². The number of methoxy groups -OCH3 is 1. The zero-order chi connectivity index (χ0) is 14.2. The predicted octanol–water partition coefficient (Wildman–Crippen LogP) is 1.90. The van der Waals surface area contributed by atoms with Crippen LogP contribution in [0.3, 0.4) is 0 Å². The summed E-state index contributed by atoms with van der Waals surface area (Å²) >= 11 is 0. The van der Waals surface area contributed by atoms with Crippen LogP contribution in [0.1, 0.15) is 50.4 Å². The van der Waals surface area contributed by atoms with Crippen LogP contribution in [0.2, 0.25) is 0 Å². The molecule has 0 aromatic carbocycles. The van der Waals surface area contributed by atoms with E-state index in [0.29, 0.717) is 17.4 Å². The van der Waals surface area contributed by atoms with Gasteiger partial charge >= 0.3 is 0 Å². The molecule has 2 aromatic rings. The summed E-state index contributed by atoms with van der Waals surface area (Å²) in [5.41, 5.74) is 6.61. The minimum Gasteiger partial charge on any atom is -0.373 e. The van der Waals surface area contributed by atoms with Crippen LogP contribution in [-0.4, -0.2) is 27.2 Å². The Morgan fingerprint density at radius 3 is 2.95 bits per heavy atom. The molecule has 1 fully saturated rings. The smallest absolute Gasteiger partial charge is 0.276 e. The molecule has 0 aliphatic heterocycles. The molecule has 0 radical (unpaired) electrons. The SMILES string of the molecule is CCC(OC)c1noc(-c2cnc(C3(N)CCC3)[nH]2)n1. The molecular formula is C13H19N5O2. The first-order valence-corrected chi connectivity index (χ1v) is 6.87. The van der Waals surface area contributed by atoms with E-state index in [1.54, 1.807) is 13.3 Å². The van der Waals surface area contributed by atoms with E-state index in [1.165, 1.54) is 0 Å². The van der Waals surface area contributed by atoms with Gasteiger partial charge in [0.25, 0.3) is 5.89 Å². The highest BCUT2D eigenvalue weighted by Gasteiger charge is 2.37. The van der Waals surface area contributed by atoms with Crippen LogP contribution in [0.5, 0.6) is 0 Å². The third-order valence-corrected chi connectivity index (χ3v) is 3.91. The number of aromatic amines is 1. The van der Waals surface area contributed by atoms with Gasteiger partial charge in [-0.2, -0.15) is 4.98 Å². The highest BCUT2D eigenvalue weighted by atomic mass is 16.5. The molecule has 7 heteroatoms. The Morgan fingerprint density at radius 2 is 2.35 bits per heavy atom. The van der Waals surface area contributed by atoms with E-state index in [9.17, 15) is 0 Å². The quantitative estimate of drug-likeness (QED) is 0.865. The molecule has 1 saturated carbocycles. The van der Waals surface area contributed by atoms with Gasteiger partial charge in [0.1, 0.15) is 17.6 Å². The molecule has 1 aliphatic carbocycles. The Balaban J connectivity index is 1.83. The van der Waals surface area contributed by atoms with Gasteiger partial charge in [0.05, 0.1) is 11.7 Å². The number of H-pyrrole nitrogens is 1. The molecule has 1 unspecified atom stereocenters. The molecular weight excluding hydrogens is 258 g/mol. The first kappa shape index (κ1) is 13.3. The van der Waals surface area contributed by atoms with Gasteiger partial charge in [0, 0.05) is 7.11 Å². The van der Waals surface area contributed by atoms with Crippen molar-refractivity contribution < 1.29 is 9.26 Å². The van der Waals surface area contributed by atoms with E-state index in [2.05, 4.69) is 20.1 Å². The second-order valence-electron chi connectivity index (χ2n) is 5.25. The Morgan fingerprint density at radius 1 is 1.55 bits per heavy atom. The van der Waals surface area contributed by atoms with Crippen LogP contribution in [0.4, 0.5) is 0 Å². The fourth-order valence-corrected chi connectivity index (χ4v) is 2.41. The lowest BCUT2D eigenvalue weighted by Crippen LogP contribution is -2.44. The first-order chi connectivity index (χ1) is 9.66. The molecule has 1 aliphatic rings. The molecule has 2 aromatic heterocycles. The third-order valence-electron chi connectivity index (χ3n) is 3.91. The van der Waals surface area contributed by atoms with Gasteiger partial charge in [-0.15, -0.1) is 0 Å². The van der Waals surface area contributed by atoms with Crippen LogP contribution in [0.15, 0.2) is 10.7 Å². The van der Waals surface area contributed by atoms with Crippen molar-refractivity contribution in [1.29, 1.82) is 0 Å². The van der Waals surface area contributed by atoms with Gasteiger partial charge in [-0.1, -0.05) is 12.1 Å². The van der Waals surface area contributed by atoms with E-state index < -0.39 is 0 Å². The molecule has 2 heterocycles. The highest BCUT2D eigenvalue weighted by Crippen LogP contribution is 2.37. The summed E-state index contributed by atoms with van der Waals surface area (Å²) in [6, 6.07) is 0. The molecule has 0 spiro atoms. The molecule has 3 rings (SSSR count). The third kappa shape index (κ3) is 2.12. The number of aromatic nitrogens is 4. The minimum atomic E-state index is -0.320. The van der Waals surface area contributed by atoms with Gasteiger partial charge in [0.2, 0.25) is 5.82 Å². The van der Waals surface area contributed by atoms with E-state index in [4.69, 9.17) is 15.0 Å². The lowest BCUT2D eigenvalue weighted by atomic mass is 9.77. The number of rotatable bonds is 5. The van der Waals surface area contributed by atoms with Gasteiger partial charge in [0.15, 0.2) is 0 Å². The minimum absolute atomic E-state index is 0.151. The Hall–Kier alpha value is -1.73. The maximum atomic E-state index is 6.23. The number of nitrogens with one attached hydrogen (secondary N) is 1. The normalized spacial score (nSPS) is 18.8. The summed E-state index contributed by atoms with van der Waals surface area (Å²) in [6.45, 7) is 2.01. The summed E-state index contributed by atoms with van der Waals surface area (Å²) in [5.74, 6) is 1.75. The summed E-state index contributed by atoms with van der Waals surface area (Å²) in [7, 11) is 1.63. The Bertz CT molecular complexity index is 583.